The lowest BCUT2D eigenvalue weighted by Crippen LogP contribution is -2.40. The van der Waals surface area contributed by atoms with E-state index in [9.17, 15) is 4.79 Å². The number of carbonyl (C=O) groups excluding carboxylic acids is 1. The molecule has 17 heavy (non-hydrogen) atoms. The summed E-state index contributed by atoms with van der Waals surface area (Å²) >= 11 is 5.83. The maximum Gasteiger partial charge on any atom is 0.170 e. The van der Waals surface area contributed by atoms with Crippen LogP contribution >= 0.6 is 11.6 Å². The van der Waals surface area contributed by atoms with Gasteiger partial charge in [0.1, 0.15) is 0 Å². The first kappa shape index (κ1) is 12.6. The Morgan fingerprint density at radius 3 is 2.29 bits per heavy atom. The zero-order valence-electron chi connectivity index (χ0n) is 9.92. The van der Waals surface area contributed by atoms with Crippen LogP contribution in [0.4, 0.5) is 0 Å². The van der Waals surface area contributed by atoms with Crippen LogP contribution in [0.2, 0.25) is 5.02 Å². The van der Waals surface area contributed by atoms with Crippen molar-refractivity contribution in [2.24, 2.45) is 11.1 Å². The van der Waals surface area contributed by atoms with Crippen molar-refractivity contribution in [3.63, 3.8) is 0 Å². The average molecular weight is 252 g/mol. The van der Waals surface area contributed by atoms with Gasteiger partial charge in [-0.2, -0.15) is 0 Å². The molecule has 1 aromatic carbocycles. The Labute approximate surface area is 107 Å². The highest BCUT2D eigenvalue weighted by molar-refractivity contribution is 6.30. The highest BCUT2D eigenvalue weighted by Gasteiger charge is 2.38. The van der Waals surface area contributed by atoms with Crippen LogP contribution in [0.1, 0.15) is 42.5 Å². The van der Waals surface area contributed by atoms with Gasteiger partial charge in [-0.1, -0.05) is 30.9 Å². The molecule has 1 aliphatic carbocycles. The average Bonchev–Trinajstić information content (AvgIpc) is 2.39. The van der Waals surface area contributed by atoms with Gasteiger partial charge in [-0.15, -0.1) is 0 Å². The summed E-state index contributed by atoms with van der Waals surface area (Å²) in [5.41, 5.74) is 6.27. The summed E-state index contributed by atoms with van der Waals surface area (Å²) in [6, 6.07) is 7.14. The van der Waals surface area contributed by atoms with E-state index in [1.54, 1.807) is 24.3 Å². The minimum absolute atomic E-state index is 0.191. The molecule has 1 aromatic rings. The molecule has 1 aliphatic rings. The second-order valence-electron chi connectivity index (χ2n) is 4.88. The van der Waals surface area contributed by atoms with Crippen molar-refractivity contribution in [2.45, 2.75) is 32.1 Å². The third-order valence-electron chi connectivity index (χ3n) is 3.79. The Kier molecular flexibility index (Phi) is 3.85. The molecule has 92 valence electrons. The van der Waals surface area contributed by atoms with Gasteiger partial charge in [0.05, 0.1) is 0 Å². The fraction of sp³-hybridized carbons (Fsp3) is 0.500. The lowest BCUT2D eigenvalue weighted by atomic mass is 9.69. The molecular weight excluding hydrogens is 234 g/mol. The molecule has 0 saturated heterocycles. The van der Waals surface area contributed by atoms with E-state index in [2.05, 4.69) is 0 Å². The Morgan fingerprint density at radius 2 is 1.76 bits per heavy atom. The largest absolute Gasteiger partial charge is 0.329 e. The first-order valence-electron chi connectivity index (χ1n) is 6.18. The van der Waals surface area contributed by atoms with Crippen molar-refractivity contribution in [1.29, 1.82) is 0 Å². The number of hydrogen-bond acceptors (Lipinski definition) is 2. The van der Waals surface area contributed by atoms with E-state index in [0.717, 1.165) is 31.2 Å². The predicted molar refractivity (Wildman–Crippen MR) is 70.4 cm³/mol. The maximum atomic E-state index is 12.5. The number of rotatable bonds is 3. The highest BCUT2D eigenvalue weighted by atomic mass is 35.5. The molecular formula is C14H18ClNO. The van der Waals surface area contributed by atoms with Gasteiger partial charge in [0.15, 0.2) is 5.78 Å². The Morgan fingerprint density at radius 1 is 1.18 bits per heavy atom. The third-order valence-corrected chi connectivity index (χ3v) is 4.04. The van der Waals surface area contributed by atoms with Gasteiger partial charge in [-0.05, 0) is 37.1 Å². The van der Waals surface area contributed by atoms with E-state index in [0.29, 0.717) is 11.6 Å². The molecule has 0 aliphatic heterocycles. The van der Waals surface area contributed by atoms with Crippen molar-refractivity contribution < 1.29 is 4.79 Å². The summed E-state index contributed by atoms with van der Waals surface area (Å²) in [6.45, 7) is 0.453. The van der Waals surface area contributed by atoms with Gasteiger partial charge in [0.2, 0.25) is 0 Å². The molecule has 1 saturated carbocycles. The van der Waals surface area contributed by atoms with E-state index in [4.69, 9.17) is 17.3 Å². The van der Waals surface area contributed by atoms with Crippen LogP contribution in [0.15, 0.2) is 24.3 Å². The minimum atomic E-state index is -0.327. The Bertz CT molecular complexity index is 393. The Hall–Kier alpha value is -0.860. The first-order valence-corrected chi connectivity index (χ1v) is 6.56. The predicted octanol–water partition coefficient (Wildman–Crippen LogP) is 3.43. The monoisotopic (exact) mass is 251 g/mol. The summed E-state index contributed by atoms with van der Waals surface area (Å²) < 4.78 is 0. The van der Waals surface area contributed by atoms with Gasteiger partial charge in [-0.3, -0.25) is 4.79 Å². The Balaban J connectivity index is 2.25. The zero-order valence-corrected chi connectivity index (χ0v) is 10.7. The molecule has 0 heterocycles. The number of hydrogen-bond donors (Lipinski definition) is 1. The van der Waals surface area contributed by atoms with Gasteiger partial charge in [0, 0.05) is 22.5 Å². The molecule has 2 nitrogen and oxygen atoms in total. The van der Waals surface area contributed by atoms with Gasteiger partial charge >= 0.3 is 0 Å². The van der Waals surface area contributed by atoms with Crippen molar-refractivity contribution in [3.05, 3.63) is 34.9 Å². The fourth-order valence-electron chi connectivity index (χ4n) is 2.66. The van der Waals surface area contributed by atoms with Crippen LogP contribution in [-0.4, -0.2) is 12.3 Å². The second-order valence-corrected chi connectivity index (χ2v) is 5.32. The lowest BCUT2D eigenvalue weighted by molar-refractivity contribution is 0.0729. The van der Waals surface area contributed by atoms with E-state index in [-0.39, 0.29) is 11.2 Å². The summed E-state index contributed by atoms with van der Waals surface area (Å²) in [6.07, 6.45) is 5.28. The normalized spacial score (nSPS) is 18.9. The molecule has 2 rings (SSSR count). The summed E-state index contributed by atoms with van der Waals surface area (Å²) in [7, 11) is 0. The van der Waals surface area contributed by atoms with Crippen LogP contribution in [0.25, 0.3) is 0 Å². The molecule has 0 bridgehead atoms. The van der Waals surface area contributed by atoms with E-state index in [1.807, 2.05) is 0 Å². The molecule has 0 radical (unpaired) electrons. The molecule has 0 spiro atoms. The van der Waals surface area contributed by atoms with Crippen LogP contribution in [0.3, 0.4) is 0 Å². The van der Waals surface area contributed by atoms with Crippen molar-refractivity contribution in [3.8, 4) is 0 Å². The van der Waals surface area contributed by atoms with Crippen LogP contribution in [0.5, 0.6) is 0 Å². The standard InChI is InChI=1S/C14H18ClNO/c15-12-6-4-11(5-7-12)13(17)14(10-16)8-2-1-3-9-14/h4-7H,1-3,8-10,16H2. The van der Waals surface area contributed by atoms with Crippen LogP contribution in [-0.2, 0) is 0 Å². The first-order chi connectivity index (χ1) is 8.18. The smallest absolute Gasteiger partial charge is 0.170 e. The lowest BCUT2D eigenvalue weighted by Gasteiger charge is -2.34. The number of ketones is 1. The SMILES string of the molecule is NCC1(C(=O)c2ccc(Cl)cc2)CCCCC1. The van der Waals surface area contributed by atoms with E-state index < -0.39 is 0 Å². The summed E-state index contributed by atoms with van der Waals surface area (Å²) in [5, 5.41) is 0.659. The number of Topliss-reactive ketones (excluding diaryl/α,β-unsaturated/α-hetero) is 1. The molecule has 0 atom stereocenters. The summed E-state index contributed by atoms with van der Waals surface area (Å²) in [5.74, 6) is 0.191. The number of nitrogens with two attached hydrogens (primary N) is 1. The maximum absolute atomic E-state index is 12.5. The van der Waals surface area contributed by atoms with Crippen LogP contribution < -0.4 is 5.73 Å². The van der Waals surface area contributed by atoms with E-state index >= 15 is 0 Å². The van der Waals surface area contributed by atoms with Crippen LogP contribution in [0, 0.1) is 5.41 Å². The number of halogens is 1. The molecule has 3 heteroatoms. The second kappa shape index (κ2) is 5.19. The van der Waals surface area contributed by atoms with Gasteiger partial charge in [-0.25, -0.2) is 0 Å². The molecule has 1 fully saturated rings. The minimum Gasteiger partial charge on any atom is -0.329 e. The zero-order chi connectivity index (χ0) is 12.3. The summed E-state index contributed by atoms with van der Waals surface area (Å²) in [4.78, 5) is 12.5. The van der Waals surface area contributed by atoms with Crippen molar-refractivity contribution >= 4 is 17.4 Å². The number of carbonyl (C=O) groups is 1. The van der Waals surface area contributed by atoms with Gasteiger partial charge < -0.3 is 5.73 Å². The quantitative estimate of drug-likeness (QED) is 0.837. The molecule has 0 aromatic heterocycles. The molecule has 2 N–H and O–H groups in total. The fourth-order valence-corrected chi connectivity index (χ4v) is 2.79. The van der Waals surface area contributed by atoms with Gasteiger partial charge in [0.25, 0.3) is 0 Å². The van der Waals surface area contributed by atoms with Crippen molar-refractivity contribution in [1.82, 2.24) is 0 Å². The third kappa shape index (κ3) is 2.53. The highest BCUT2D eigenvalue weighted by Crippen LogP contribution is 2.38. The van der Waals surface area contributed by atoms with E-state index in [1.165, 1.54) is 6.42 Å². The number of benzene rings is 1. The molecule has 0 unspecified atom stereocenters. The topological polar surface area (TPSA) is 43.1 Å². The molecule has 0 amide bonds. The van der Waals surface area contributed by atoms with Crippen molar-refractivity contribution in [2.75, 3.05) is 6.54 Å².